The Morgan fingerprint density at radius 2 is 1.83 bits per heavy atom. The van der Waals surface area contributed by atoms with Crippen LogP contribution in [0.3, 0.4) is 0 Å². The second kappa shape index (κ2) is 8.53. The third-order valence-electron chi connectivity index (χ3n) is 5.38. The number of ether oxygens (including phenoxy) is 3. The van der Waals surface area contributed by atoms with E-state index >= 15 is 0 Å². The van der Waals surface area contributed by atoms with Crippen LogP contribution in [0.2, 0.25) is 0 Å². The highest BCUT2D eigenvalue weighted by Crippen LogP contribution is 2.41. The zero-order valence-electron chi connectivity index (χ0n) is 17.7. The van der Waals surface area contributed by atoms with Crippen LogP contribution in [0.15, 0.2) is 17.5 Å². The van der Waals surface area contributed by atoms with Gasteiger partial charge in [-0.2, -0.15) is 0 Å². The van der Waals surface area contributed by atoms with Gasteiger partial charge in [-0.3, -0.25) is 9.69 Å². The number of piperazine rings is 1. The van der Waals surface area contributed by atoms with Crippen LogP contribution < -0.4 is 14.2 Å². The van der Waals surface area contributed by atoms with Gasteiger partial charge in [-0.1, -0.05) is 0 Å². The lowest BCUT2D eigenvalue weighted by atomic mass is 10.2. The first-order valence-corrected chi connectivity index (χ1v) is 10.7. The minimum atomic E-state index is -0.0292. The number of fused-ring (bicyclic) bond motifs is 1. The summed E-state index contributed by atoms with van der Waals surface area (Å²) in [6.45, 7) is 5.84. The van der Waals surface area contributed by atoms with Gasteiger partial charge in [-0.05, 0) is 13.0 Å². The number of hydrogen-bond acceptors (Lipinski definition) is 7. The van der Waals surface area contributed by atoms with E-state index in [-0.39, 0.29) is 5.91 Å². The maximum atomic E-state index is 13.1. The molecule has 9 heteroatoms. The second-order valence-corrected chi connectivity index (χ2v) is 8.27. The highest BCUT2D eigenvalue weighted by Gasteiger charge is 2.25. The topological polar surface area (TPSA) is 79.9 Å². The number of nitrogens with one attached hydrogen (secondary N) is 1. The Labute approximate surface area is 179 Å². The van der Waals surface area contributed by atoms with E-state index in [9.17, 15) is 4.79 Å². The average Bonchev–Trinajstić information content (AvgIpc) is 3.38. The Morgan fingerprint density at radius 1 is 1.10 bits per heavy atom. The summed E-state index contributed by atoms with van der Waals surface area (Å²) in [5.74, 6) is 1.70. The van der Waals surface area contributed by atoms with E-state index in [0.717, 1.165) is 35.7 Å². The monoisotopic (exact) mass is 430 g/mol. The van der Waals surface area contributed by atoms with E-state index in [1.165, 1.54) is 0 Å². The molecule has 1 aromatic carbocycles. The molecule has 30 heavy (non-hydrogen) atoms. The lowest BCUT2D eigenvalue weighted by Gasteiger charge is -2.34. The zero-order chi connectivity index (χ0) is 21.3. The van der Waals surface area contributed by atoms with Gasteiger partial charge in [-0.15, -0.1) is 11.3 Å². The molecular formula is C21H26N4O4S. The van der Waals surface area contributed by atoms with Crippen molar-refractivity contribution < 1.29 is 19.0 Å². The van der Waals surface area contributed by atoms with E-state index in [1.54, 1.807) is 38.7 Å². The SMILES string of the molecule is COc1cc(OC)c2cc(C(=O)N3CCN(Cc4csc(C)n4)CC3)[nH]c2c1OC. The molecule has 1 fully saturated rings. The van der Waals surface area contributed by atoms with Crippen molar-refractivity contribution in [1.29, 1.82) is 0 Å². The molecule has 1 amide bonds. The van der Waals surface area contributed by atoms with Gasteiger partial charge in [-0.25, -0.2) is 4.98 Å². The molecule has 4 rings (SSSR count). The molecule has 1 saturated heterocycles. The van der Waals surface area contributed by atoms with Crippen molar-refractivity contribution in [2.45, 2.75) is 13.5 Å². The van der Waals surface area contributed by atoms with Gasteiger partial charge in [0.2, 0.25) is 0 Å². The number of methoxy groups -OCH3 is 3. The van der Waals surface area contributed by atoms with Gasteiger partial charge in [0.1, 0.15) is 11.4 Å². The van der Waals surface area contributed by atoms with Crippen LogP contribution in [-0.2, 0) is 6.54 Å². The minimum absolute atomic E-state index is 0.0292. The van der Waals surface area contributed by atoms with E-state index in [4.69, 9.17) is 14.2 Å². The third-order valence-corrected chi connectivity index (χ3v) is 6.20. The molecule has 160 valence electrons. The molecule has 3 heterocycles. The molecule has 2 aromatic heterocycles. The van der Waals surface area contributed by atoms with Crippen LogP contribution in [0.1, 0.15) is 21.2 Å². The molecule has 1 aliphatic rings. The predicted molar refractivity (Wildman–Crippen MR) is 116 cm³/mol. The number of H-pyrrole nitrogens is 1. The van der Waals surface area contributed by atoms with E-state index < -0.39 is 0 Å². The summed E-state index contributed by atoms with van der Waals surface area (Å²) < 4.78 is 16.4. The van der Waals surface area contributed by atoms with Crippen LogP contribution in [-0.4, -0.2) is 73.2 Å². The van der Waals surface area contributed by atoms with Crippen LogP contribution in [0.4, 0.5) is 0 Å². The maximum Gasteiger partial charge on any atom is 0.270 e. The Morgan fingerprint density at radius 3 is 2.43 bits per heavy atom. The number of benzene rings is 1. The highest BCUT2D eigenvalue weighted by atomic mass is 32.1. The molecule has 0 spiro atoms. The van der Waals surface area contributed by atoms with E-state index in [0.29, 0.717) is 41.5 Å². The summed E-state index contributed by atoms with van der Waals surface area (Å²) in [5.41, 5.74) is 2.30. The number of hydrogen-bond donors (Lipinski definition) is 1. The summed E-state index contributed by atoms with van der Waals surface area (Å²) in [5, 5.41) is 3.97. The van der Waals surface area contributed by atoms with Crippen molar-refractivity contribution in [2.24, 2.45) is 0 Å². The molecule has 1 N–H and O–H groups in total. The van der Waals surface area contributed by atoms with Crippen molar-refractivity contribution >= 4 is 28.1 Å². The molecule has 8 nitrogen and oxygen atoms in total. The molecule has 0 unspecified atom stereocenters. The van der Waals surface area contributed by atoms with Crippen LogP contribution in [0.25, 0.3) is 10.9 Å². The highest BCUT2D eigenvalue weighted by molar-refractivity contribution is 7.09. The van der Waals surface area contributed by atoms with Crippen molar-refractivity contribution in [1.82, 2.24) is 19.8 Å². The second-order valence-electron chi connectivity index (χ2n) is 7.21. The Balaban J connectivity index is 1.51. The fraction of sp³-hybridized carbons (Fsp3) is 0.429. The molecule has 0 bridgehead atoms. The van der Waals surface area contributed by atoms with Gasteiger partial charge in [0.05, 0.1) is 37.5 Å². The minimum Gasteiger partial charge on any atom is -0.496 e. The molecule has 1 aliphatic heterocycles. The quantitative estimate of drug-likeness (QED) is 0.648. The fourth-order valence-electron chi connectivity index (χ4n) is 3.84. The number of aryl methyl sites for hydroxylation is 1. The van der Waals surface area contributed by atoms with Crippen molar-refractivity contribution in [3.05, 3.63) is 33.9 Å². The molecule has 0 saturated carbocycles. The van der Waals surface area contributed by atoms with Gasteiger partial charge in [0.25, 0.3) is 5.91 Å². The number of aromatic nitrogens is 2. The first-order valence-electron chi connectivity index (χ1n) is 9.78. The summed E-state index contributed by atoms with van der Waals surface area (Å²) in [4.78, 5) is 25.1. The third kappa shape index (κ3) is 3.82. The number of carbonyl (C=O) groups is 1. The smallest absolute Gasteiger partial charge is 0.270 e. The molecule has 0 atom stereocenters. The lowest BCUT2D eigenvalue weighted by Crippen LogP contribution is -2.48. The number of thiazole rings is 1. The summed E-state index contributed by atoms with van der Waals surface area (Å²) >= 11 is 1.67. The lowest BCUT2D eigenvalue weighted by molar-refractivity contribution is 0.0622. The molecule has 3 aromatic rings. The van der Waals surface area contributed by atoms with Crippen molar-refractivity contribution in [2.75, 3.05) is 47.5 Å². The Hall–Kier alpha value is -2.78. The number of amides is 1. The number of aromatic amines is 1. The van der Waals surface area contributed by atoms with Crippen LogP contribution >= 0.6 is 11.3 Å². The first-order chi connectivity index (χ1) is 14.5. The molecular weight excluding hydrogens is 404 g/mol. The summed E-state index contributed by atoms with van der Waals surface area (Å²) in [6.07, 6.45) is 0. The average molecular weight is 431 g/mol. The van der Waals surface area contributed by atoms with Gasteiger partial charge >= 0.3 is 0 Å². The van der Waals surface area contributed by atoms with Gasteiger partial charge in [0.15, 0.2) is 11.5 Å². The van der Waals surface area contributed by atoms with Gasteiger partial charge < -0.3 is 24.1 Å². The van der Waals surface area contributed by atoms with Crippen molar-refractivity contribution in [3.63, 3.8) is 0 Å². The fourth-order valence-corrected chi connectivity index (χ4v) is 4.45. The van der Waals surface area contributed by atoms with E-state index in [2.05, 4.69) is 20.2 Å². The number of rotatable bonds is 6. The zero-order valence-corrected chi connectivity index (χ0v) is 18.5. The maximum absolute atomic E-state index is 13.1. The largest absolute Gasteiger partial charge is 0.496 e. The van der Waals surface area contributed by atoms with Crippen LogP contribution in [0.5, 0.6) is 17.2 Å². The molecule has 0 aliphatic carbocycles. The van der Waals surface area contributed by atoms with Crippen molar-refractivity contribution in [3.8, 4) is 17.2 Å². The normalized spacial score (nSPS) is 14.9. The summed E-state index contributed by atoms with van der Waals surface area (Å²) in [6, 6.07) is 3.59. The molecule has 0 radical (unpaired) electrons. The number of nitrogens with zero attached hydrogens (tertiary/aromatic N) is 3. The Kier molecular flexibility index (Phi) is 5.83. The number of carbonyl (C=O) groups excluding carboxylic acids is 1. The first kappa shape index (κ1) is 20.5. The van der Waals surface area contributed by atoms with Gasteiger partial charge in [0, 0.05) is 49.6 Å². The summed E-state index contributed by atoms with van der Waals surface area (Å²) in [7, 11) is 4.75. The predicted octanol–water partition coefficient (Wildman–Crippen LogP) is 2.92. The Bertz CT molecular complexity index is 1050. The standard InChI is InChI=1S/C21H26N4O4S/c1-13-22-14(12-30-13)11-24-5-7-25(8-6-24)21(26)16-9-15-17(27-2)10-18(28-3)20(29-4)19(15)23-16/h9-10,12,23H,5-8,11H2,1-4H3. The van der Waals surface area contributed by atoms with E-state index in [1.807, 2.05) is 17.9 Å². The van der Waals surface area contributed by atoms with Crippen LogP contribution in [0, 0.1) is 6.92 Å².